The van der Waals surface area contributed by atoms with E-state index in [1.165, 1.54) is 4.68 Å². The zero-order valence-corrected chi connectivity index (χ0v) is 23.7. The maximum Gasteiger partial charge on any atom is 0.282 e. The van der Waals surface area contributed by atoms with E-state index >= 15 is 0 Å². The first-order chi connectivity index (χ1) is 20.5. The van der Waals surface area contributed by atoms with Gasteiger partial charge in [0.2, 0.25) is 5.82 Å². The number of para-hydroxylation sites is 2. The lowest BCUT2D eigenvalue weighted by Gasteiger charge is -2.10. The minimum Gasteiger partial charge on any atom is -0.496 e. The Bertz CT molecular complexity index is 2220. The van der Waals surface area contributed by atoms with E-state index in [1.807, 2.05) is 85.8 Å². The van der Waals surface area contributed by atoms with Crippen molar-refractivity contribution in [3.8, 4) is 17.3 Å². The lowest BCUT2D eigenvalue weighted by atomic mass is 10.1. The molecule has 0 aliphatic rings. The summed E-state index contributed by atoms with van der Waals surface area (Å²) in [5.41, 5.74) is 4.85. The number of ether oxygens (including phenoxy) is 1. The summed E-state index contributed by atoms with van der Waals surface area (Å²) >= 11 is 6.51. The quantitative estimate of drug-likeness (QED) is 0.192. The zero-order valence-electron chi connectivity index (χ0n) is 22.9. The summed E-state index contributed by atoms with van der Waals surface area (Å²) in [5, 5.41) is 7.73. The number of methoxy groups -OCH3 is 1. The van der Waals surface area contributed by atoms with Crippen LogP contribution in [-0.4, -0.2) is 27.6 Å². The van der Waals surface area contributed by atoms with Crippen molar-refractivity contribution in [1.82, 2.24) is 14.2 Å². The highest BCUT2D eigenvalue weighted by Gasteiger charge is 2.19. The first-order valence-electron chi connectivity index (χ1n) is 13.5. The maximum absolute atomic E-state index is 13.8. The number of halogens is 1. The van der Waals surface area contributed by atoms with Gasteiger partial charge in [-0.25, -0.2) is 4.98 Å². The molecule has 206 valence electrons. The summed E-state index contributed by atoms with van der Waals surface area (Å²) < 4.78 is 15.2. The van der Waals surface area contributed by atoms with Crippen molar-refractivity contribution in [2.45, 2.75) is 13.5 Å². The van der Waals surface area contributed by atoms with E-state index in [0.717, 1.165) is 33.1 Å². The van der Waals surface area contributed by atoms with Crippen LogP contribution in [0.3, 0.4) is 0 Å². The largest absolute Gasteiger partial charge is 0.496 e. The SMILES string of the molecule is COc1cccc2oc(-c3nc4ccccc4c(=O)n3N=Cc3c(C)n(Cc4ccccc4Cl)c4ccccc34)cc12. The Kier molecular flexibility index (Phi) is 6.36. The number of aromatic nitrogens is 3. The third kappa shape index (κ3) is 4.26. The van der Waals surface area contributed by atoms with Gasteiger partial charge in [0, 0.05) is 33.7 Å². The van der Waals surface area contributed by atoms with Crippen molar-refractivity contribution < 1.29 is 9.15 Å². The van der Waals surface area contributed by atoms with E-state index in [9.17, 15) is 4.79 Å². The molecule has 0 aliphatic heterocycles. The first-order valence-corrected chi connectivity index (χ1v) is 13.9. The summed E-state index contributed by atoms with van der Waals surface area (Å²) in [6, 6.07) is 30.6. The van der Waals surface area contributed by atoms with Crippen LogP contribution in [0.1, 0.15) is 16.8 Å². The summed E-state index contributed by atoms with van der Waals surface area (Å²) in [4.78, 5) is 18.7. The molecular formula is C34H25ClN4O3. The molecule has 0 bridgehead atoms. The van der Waals surface area contributed by atoms with Gasteiger partial charge in [0.25, 0.3) is 5.56 Å². The molecule has 7 nitrogen and oxygen atoms in total. The van der Waals surface area contributed by atoms with E-state index < -0.39 is 0 Å². The third-order valence-corrected chi connectivity index (χ3v) is 7.95. The van der Waals surface area contributed by atoms with E-state index in [1.54, 1.807) is 19.4 Å². The Balaban J connectivity index is 1.41. The van der Waals surface area contributed by atoms with Gasteiger partial charge >= 0.3 is 0 Å². The molecule has 0 unspecified atom stereocenters. The molecule has 3 aromatic heterocycles. The van der Waals surface area contributed by atoms with Crippen molar-refractivity contribution in [3.05, 3.63) is 129 Å². The molecule has 0 atom stereocenters. The van der Waals surface area contributed by atoms with Crippen molar-refractivity contribution in [2.24, 2.45) is 5.10 Å². The molecule has 0 radical (unpaired) electrons. The summed E-state index contributed by atoms with van der Waals surface area (Å²) in [6.45, 7) is 2.65. The molecular weight excluding hydrogens is 548 g/mol. The maximum atomic E-state index is 13.8. The Labute approximate surface area is 245 Å². The first kappa shape index (κ1) is 25.8. The van der Waals surface area contributed by atoms with Crippen molar-refractivity contribution >= 4 is 50.6 Å². The molecule has 0 amide bonds. The van der Waals surface area contributed by atoms with Crippen LogP contribution in [0.25, 0.3) is 44.4 Å². The number of hydrogen-bond donors (Lipinski definition) is 0. The van der Waals surface area contributed by atoms with Crippen molar-refractivity contribution in [1.29, 1.82) is 0 Å². The predicted molar refractivity (Wildman–Crippen MR) is 168 cm³/mol. The molecule has 7 aromatic rings. The standard InChI is InChI=1S/C34H25ClN4O3/c1-21-26(23-11-5-8-15-29(23)38(21)20-22-10-3-6-13-27(22)35)19-36-39-33(37-28-14-7-4-12-24(28)34(39)40)32-18-25-30(41-2)16-9-17-31(25)42-32/h3-19H,20H2,1-2H3. The van der Waals surface area contributed by atoms with Gasteiger partial charge in [-0.1, -0.05) is 66.2 Å². The van der Waals surface area contributed by atoms with E-state index in [0.29, 0.717) is 45.4 Å². The Hall–Kier alpha value is -5.14. The Morgan fingerprint density at radius 3 is 2.52 bits per heavy atom. The molecule has 42 heavy (non-hydrogen) atoms. The molecule has 8 heteroatoms. The van der Waals surface area contributed by atoms with E-state index in [4.69, 9.17) is 30.8 Å². The summed E-state index contributed by atoms with van der Waals surface area (Å²) in [7, 11) is 1.61. The number of benzene rings is 4. The molecule has 0 fully saturated rings. The molecule has 0 saturated carbocycles. The lowest BCUT2D eigenvalue weighted by Crippen LogP contribution is -2.20. The fourth-order valence-electron chi connectivity index (χ4n) is 5.45. The second-order valence-electron chi connectivity index (χ2n) is 9.99. The van der Waals surface area contributed by atoms with Crippen LogP contribution in [0.2, 0.25) is 5.02 Å². The van der Waals surface area contributed by atoms with Gasteiger partial charge in [0.15, 0.2) is 5.76 Å². The second kappa shape index (κ2) is 10.4. The fourth-order valence-corrected chi connectivity index (χ4v) is 5.65. The molecule has 3 heterocycles. The van der Waals surface area contributed by atoms with Crippen LogP contribution in [0.15, 0.2) is 111 Å². The predicted octanol–water partition coefficient (Wildman–Crippen LogP) is 7.67. The number of fused-ring (bicyclic) bond motifs is 3. The molecule has 7 rings (SSSR count). The number of nitrogens with zero attached hydrogens (tertiary/aromatic N) is 4. The average molecular weight is 573 g/mol. The molecule has 4 aromatic carbocycles. The second-order valence-corrected chi connectivity index (χ2v) is 10.4. The highest BCUT2D eigenvalue weighted by Crippen LogP contribution is 2.33. The van der Waals surface area contributed by atoms with Crippen LogP contribution in [0.4, 0.5) is 0 Å². The van der Waals surface area contributed by atoms with Crippen LogP contribution >= 0.6 is 11.6 Å². The number of hydrogen-bond acceptors (Lipinski definition) is 5. The molecule has 0 saturated heterocycles. The van der Waals surface area contributed by atoms with Crippen molar-refractivity contribution in [2.75, 3.05) is 7.11 Å². The van der Waals surface area contributed by atoms with Gasteiger partial charge in [0.05, 0.1) is 29.6 Å². The summed E-state index contributed by atoms with van der Waals surface area (Å²) in [5.74, 6) is 1.38. The smallest absolute Gasteiger partial charge is 0.282 e. The zero-order chi connectivity index (χ0) is 28.8. The Morgan fingerprint density at radius 2 is 1.69 bits per heavy atom. The van der Waals surface area contributed by atoms with E-state index in [-0.39, 0.29) is 5.56 Å². The van der Waals surface area contributed by atoms with Crippen LogP contribution in [0.5, 0.6) is 5.75 Å². The van der Waals surface area contributed by atoms with Crippen LogP contribution in [0, 0.1) is 6.92 Å². The highest BCUT2D eigenvalue weighted by atomic mass is 35.5. The third-order valence-electron chi connectivity index (χ3n) is 7.58. The van der Waals surface area contributed by atoms with Gasteiger partial charge in [-0.3, -0.25) is 4.79 Å². The number of furan rings is 1. The van der Waals surface area contributed by atoms with Crippen molar-refractivity contribution in [3.63, 3.8) is 0 Å². The van der Waals surface area contributed by atoms with Crippen LogP contribution in [-0.2, 0) is 6.54 Å². The Morgan fingerprint density at radius 1 is 0.929 bits per heavy atom. The minimum atomic E-state index is -0.295. The molecule has 0 aliphatic carbocycles. The fraction of sp³-hybridized carbons (Fsp3) is 0.0882. The van der Waals surface area contributed by atoms with Gasteiger partial charge < -0.3 is 13.7 Å². The van der Waals surface area contributed by atoms with E-state index in [2.05, 4.69) is 16.7 Å². The average Bonchev–Trinajstić information content (AvgIpc) is 3.57. The van der Waals surface area contributed by atoms with Gasteiger partial charge in [-0.2, -0.15) is 9.78 Å². The monoisotopic (exact) mass is 572 g/mol. The number of rotatable bonds is 6. The molecule has 0 spiro atoms. The van der Waals surface area contributed by atoms with Gasteiger partial charge in [-0.15, -0.1) is 0 Å². The minimum absolute atomic E-state index is 0.295. The van der Waals surface area contributed by atoms with Gasteiger partial charge in [-0.05, 0) is 55.0 Å². The highest BCUT2D eigenvalue weighted by molar-refractivity contribution is 6.31. The lowest BCUT2D eigenvalue weighted by molar-refractivity contribution is 0.419. The van der Waals surface area contributed by atoms with Crippen LogP contribution < -0.4 is 10.3 Å². The topological polar surface area (TPSA) is 74.6 Å². The normalized spacial score (nSPS) is 11.8. The molecule has 0 N–H and O–H groups in total. The summed E-state index contributed by atoms with van der Waals surface area (Å²) in [6.07, 6.45) is 1.73. The van der Waals surface area contributed by atoms with Gasteiger partial charge in [0.1, 0.15) is 11.3 Å².